The van der Waals surface area contributed by atoms with Crippen LogP contribution in [0.2, 0.25) is 0 Å². The van der Waals surface area contributed by atoms with Crippen LogP contribution in [0.15, 0.2) is 71.6 Å². The van der Waals surface area contributed by atoms with Gasteiger partial charge in [0.1, 0.15) is 11.6 Å². The molecule has 29 heavy (non-hydrogen) atoms. The Hall–Kier alpha value is -3.19. The van der Waals surface area contributed by atoms with E-state index in [0.717, 1.165) is 21.5 Å². The molecule has 0 heterocycles. The van der Waals surface area contributed by atoms with E-state index >= 15 is 0 Å². The Morgan fingerprint density at radius 3 is 2.24 bits per heavy atom. The molecule has 7 heteroatoms. The third-order valence-electron chi connectivity index (χ3n) is 4.61. The first-order valence-corrected chi connectivity index (χ1v) is 10.3. The fraction of sp³-hybridized carbons (Fsp3) is 0.136. The van der Waals surface area contributed by atoms with Gasteiger partial charge in [0, 0.05) is 7.05 Å². The minimum absolute atomic E-state index is 0.0866. The van der Waals surface area contributed by atoms with E-state index in [0.29, 0.717) is 5.69 Å². The first kappa shape index (κ1) is 20.5. The van der Waals surface area contributed by atoms with Crippen LogP contribution in [0.3, 0.4) is 0 Å². The molecule has 0 aliphatic rings. The molecule has 0 aliphatic heterocycles. The molecule has 150 valence electrons. The van der Waals surface area contributed by atoms with Gasteiger partial charge in [-0.1, -0.05) is 12.1 Å². The highest BCUT2D eigenvalue weighted by Crippen LogP contribution is 2.26. The van der Waals surface area contributed by atoms with Crippen molar-refractivity contribution in [1.29, 1.82) is 0 Å². The molecule has 0 bridgehead atoms. The second-order valence-corrected chi connectivity index (χ2v) is 8.58. The van der Waals surface area contributed by atoms with Crippen LogP contribution < -0.4 is 9.04 Å². The molecular weight excluding hydrogens is 393 g/mol. The Labute approximate surface area is 169 Å². The lowest BCUT2D eigenvalue weighted by atomic mass is 10.1. The summed E-state index contributed by atoms with van der Waals surface area (Å²) in [6.45, 7) is 3.77. The van der Waals surface area contributed by atoms with Gasteiger partial charge in [0.05, 0.1) is 16.1 Å². The van der Waals surface area contributed by atoms with E-state index in [1.165, 1.54) is 49.5 Å². The molecule has 0 N–H and O–H groups in total. The Morgan fingerprint density at radius 1 is 0.931 bits per heavy atom. The van der Waals surface area contributed by atoms with Gasteiger partial charge in [-0.25, -0.2) is 17.6 Å². The molecule has 0 aliphatic carbocycles. The lowest BCUT2D eigenvalue weighted by Crippen LogP contribution is -2.26. The fourth-order valence-corrected chi connectivity index (χ4v) is 3.96. The number of carbonyl (C=O) groups is 1. The number of rotatable bonds is 5. The van der Waals surface area contributed by atoms with Crippen molar-refractivity contribution in [2.24, 2.45) is 0 Å². The van der Waals surface area contributed by atoms with Crippen molar-refractivity contribution < 1.29 is 22.3 Å². The largest absolute Gasteiger partial charge is 0.423 e. The van der Waals surface area contributed by atoms with Crippen LogP contribution in [-0.4, -0.2) is 21.4 Å². The minimum Gasteiger partial charge on any atom is -0.423 e. The van der Waals surface area contributed by atoms with Crippen molar-refractivity contribution in [3.8, 4) is 5.75 Å². The molecule has 0 saturated carbocycles. The SMILES string of the molecule is Cc1ccc(S(=O)(=O)N(C)c2ccc(OC(=O)c3cccc(F)c3)cc2)cc1C. The Balaban J connectivity index is 1.78. The molecular formula is C22H20FNO4S. The number of ether oxygens (including phenoxy) is 1. The van der Waals surface area contributed by atoms with Crippen molar-refractivity contribution in [2.75, 3.05) is 11.4 Å². The summed E-state index contributed by atoms with van der Waals surface area (Å²) in [7, 11) is -2.27. The zero-order valence-corrected chi connectivity index (χ0v) is 17.0. The van der Waals surface area contributed by atoms with E-state index in [9.17, 15) is 17.6 Å². The maximum absolute atomic E-state index is 13.2. The highest BCUT2D eigenvalue weighted by molar-refractivity contribution is 7.92. The smallest absolute Gasteiger partial charge is 0.343 e. The molecule has 0 spiro atoms. The molecule has 0 fully saturated rings. The van der Waals surface area contributed by atoms with E-state index < -0.39 is 21.8 Å². The van der Waals surface area contributed by atoms with Crippen molar-refractivity contribution in [3.63, 3.8) is 0 Å². The van der Waals surface area contributed by atoms with Gasteiger partial charge in [-0.2, -0.15) is 0 Å². The number of aryl methyl sites for hydroxylation is 2. The summed E-state index contributed by atoms with van der Waals surface area (Å²) in [5.74, 6) is -1.01. The molecule has 3 aromatic carbocycles. The number of hydrogen-bond acceptors (Lipinski definition) is 4. The average molecular weight is 413 g/mol. The number of nitrogens with zero attached hydrogens (tertiary/aromatic N) is 1. The number of benzene rings is 3. The standard InChI is InChI=1S/C22H20FNO4S/c1-15-7-12-21(13-16(15)2)29(26,27)24(3)19-8-10-20(11-9-19)28-22(25)17-5-4-6-18(23)14-17/h4-14H,1-3H3. The highest BCUT2D eigenvalue weighted by atomic mass is 32.2. The second-order valence-electron chi connectivity index (χ2n) is 6.61. The maximum atomic E-state index is 13.2. The number of sulfonamides is 1. The summed E-state index contributed by atoms with van der Waals surface area (Å²) in [5, 5.41) is 0. The Kier molecular flexibility index (Phi) is 5.70. The molecule has 0 saturated heterocycles. The monoisotopic (exact) mass is 413 g/mol. The van der Waals surface area contributed by atoms with Crippen LogP contribution in [0.5, 0.6) is 5.75 Å². The number of halogens is 1. The van der Waals surface area contributed by atoms with Crippen LogP contribution in [0.1, 0.15) is 21.5 Å². The summed E-state index contributed by atoms with van der Waals surface area (Å²) in [4.78, 5) is 12.3. The molecule has 0 unspecified atom stereocenters. The molecule has 0 aromatic heterocycles. The summed E-state index contributed by atoms with van der Waals surface area (Å²) < 4.78 is 45.4. The normalized spacial score (nSPS) is 11.2. The molecule has 3 rings (SSSR count). The van der Waals surface area contributed by atoms with Gasteiger partial charge in [0.25, 0.3) is 10.0 Å². The Bertz CT molecular complexity index is 1160. The van der Waals surface area contributed by atoms with Crippen molar-refractivity contribution in [3.05, 3.63) is 89.2 Å². The number of esters is 1. The van der Waals surface area contributed by atoms with Gasteiger partial charge in [0.2, 0.25) is 0 Å². The average Bonchev–Trinajstić information content (AvgIpc) is 2.70. The van der Waals surface area contributed by atoms with E-state index in [2.05, 4.69) is 0 Å². The summed E-state index contributed by atoms with van der Waals surface area (Å²) in [5.41, 5.74) is 2.40. The fourth-order valence-electron chi connectivity index (χ4n) is 2.68. The number of carbonyl (C=O) groups excluding carboxylic acids is 1. The molecule has 0 amide bonds. The van der Waals surface area contributed by atoms with E-state index in [-0.39, 0.29) is 16.2 Å². The lowest BCUT2D eigenvalue weighted by Gasteiger charge is -2.20. The maximum Gasteiger partial charge on any atom is 0.343 e. The van der Waals surface area contributed by atoms with Gasteiger partial charge >= 0.3 is 5.97 Å². The third-order valence-corrected chi connectivity index (χ3v) is 6.39. The van der Waals surface area contributed by atoms with Gasteiger partial charge in [-0.3, -0.25) is 4.31 Å². The van der Waals surface area contributed by atoms with E-state index in [4.69, 9.17) is 4.74 Å². The van der Waals surface area contributed by atoms with Crippen molar-refractivity contribution in [2.45, 2.75) is 18.7 Å². The molecule has 0 radical (unpaired) electrons. The molecule has 0 atom stereocenters. The van der Waals surface area contributed by atoms with Crippen LogP contribution in [0, 0.1) is 19.7 Å². The first-order valence-electron chi connectivity index (χ1n) is 8.82. The Morgan fingerprint density at radius 2 is 1.62 bits per heavy atom. The van der Waals surface area contributed by atoms with Crippen LogP contribution in [-0.2, 0) is 10.0 Å². The summed E-state index contributed by atoms with van der Waals surface area (Å²) in [6, 6.07) is 16.2. The highest BCUT2D eigenvalue weighted by Gasteiger charge is 2.22. The van der Waals surface area contributed by atoms with Gasteiger partial charge in [0.15, 0.2) is 0 Å². The van der Waals surface area contributed by atoms with Gasteiger partial charge in [-0.15, -0.1) is 0 Å². The van der Waals surface area contributed by atoms with Gasteiger partial charge in [-0.05, 0) is 79.6 Å². The van der Waals surface area contributed by atoms with Crippen LogP contribution in [0.4, 0.5) is 10.1 Å². The quantitative estimate of drug-likeness (QED) is 0.457. The second kappa shape index (κ2) is 8.05. The minimum atomic E-state index is -3.73. The van der Waals surface area contributed by atoms with Crippen LogP contribution >= 0.6 is 0 Å². The predicted octanol–water partition coefficient (Wildman–Crippen LogP) is 4.49. The van der Waals surface area contributed by atoms with Crippen molar-refractivity contribution >= 4 is 21.7 Å². The van der Waals surface area contributed by atoms with Crippen molar-refractivity contribution in [1.82, 2.24) is 0 Å². The third kappa shape index (κ3) is 4.46. The zero-order valence-electron chi connectivity index (χ0n) is 16.2. The van der Waals surface area contributed by atoms with E-state index in [1.54, 1.807) is 18.2 Å². The lowest BCUT2D eigenvalue weighted by molar-refractivity contribution is 0.0734. The topological polar surface area (TPSA) is 63.7 Å². The predicted molar refractivity (Wildman–Crippen MR) is 109 cm³/mol. The van der Waals surface area contributed by atoms with Gasteiger partial charge < -0.3 is 4.74 Å². The van der Waals surface area contributed by atoms with E-state index in [1.807, 2.05) is 13.8 Å². The number of hydrogen-bond donors (Lipinski definition) is 0. The summed E-state index contributed by atoms with van der Waals surface area (Å²) >= 11 is 0. The molecule has 3 aromatic rings. The zero-order chi connectivity index (χ0) is 21.2. The number of anilines is 1. The first-order chi connectivity index (χ1) is 13.7. The van der Waals surface area contributed by atoms with Crippen LogP contribution in [0.25, 0.3) is 0 Å². The molecule has 5 nitrogen and oxygen atoms in total. The summed E-state index contributed by atoms with van der Waals surface area (Å²) in [6.07, 6.45) is 0.